The standard InChI is InChI=1S/C4H9N2O2S/c1-8-4(7)9(2)3(5)6/h1-2H3,(H3,5,6)/q+1. The van der Waals surface area contributed by atoms with Gasteiger partial charge in [-0.2, -0.15) is 4.79 Å². The van der Waals surface area contributed by atoms with Crippen molar-refractivity contribution in [2.45, 2.75) is 0 Å². The summed E-state index contributed by atoms with van der Waals surface area (Å²) >= 11 is 0. The van der Waals surface area contributed by atoms with Crippen molar-refractivity contribution in [2.24, 2.45) is 5.73 Å². The Hall–Kier alpha value is -0.710. The molecule has 9 heavy (non-hydrogen) atoms. The van der Waals surface area contributed by atoms with Gasteiger partial charge in [0.15, 0.2) is 10.9 Å². The Bertz CT molecular complexity index is 137. The lowest BCUT2D eigenvalue weighted by molar-refractivity contribution is 0.200. The van der Waals surface area contributed by atoms with Crippen molar-refractivity contribution in [2.75, 3.05) is 13.4 Å². The number of nitrogens with two attached hydrogens (primary N) is 1. The third-order valence-corrected chi connectivity index (χ3v) is 2.07. The first-order chi connectivity index (χ1) is 4.09. The second-order valence-corrected chi connectivity index (χ2v) is 3.12. The molecule has 3 N–H and O–H groups in total. The topological polar surface area (TPSA) is 76.2 Å². The number of carbonyl (C=O) groups excluding carboxylic acids is 1. The van der Waals surface area contributed by atoms with Gasteiger partial charge in [-0.05, 0) is 0 Å². The van der Waals surface area contributed by atoms with Crippen LogP contribution >= 0.6 is 0 Å². The summed E-state index contributed by atoms with van der Waals surface area (Å²) in [4.78, 5) is 10.5. The number of nitrogens with one attached hydrogen (secondary N) is 1. The van der Waals surface area contributed by atoms with Gasteiger partial charge in [-0.25, -0.2) is 5.41 Å². The number of hydrogen-bond acceptors (Lipinski definition) is 3. The van der Waals surface area contributed by atoms with E-state index >= 15 is 0 Å². The first-order valence-corrected chi connectivity index (χ1v) is 3.80. The largest absolute Gasteiger partial charge is 0.533 e. The Morgan fingerprint density at radius 3 is 2.33 bits per heavy atom. The predicted octanol–water partition coefficient (Wildman–Crippen LogP) is -0.106. The maximum atomic E-state index is 10.5. The second kappa shape index (κ2) is 3.34. The van der Waals surface area contributed by atoms with Crippen LogP contribution in [-0.4, -0.2) is 23.8 Å². The number of carbonyl (C=O) groups is 1. The maximum absolute atomic E-state index is 10.5. The molecule has 4 nitrogen and oxygen atoms in total. The predicted molar refractivity (Wildman–Crippen MR) is 37.6 cm³/mol. The summed E-state index contributed by atoms with van der Waals surface area (Å²) in [6.45, 7) is 0. The van der Waals surface area contributed by atoms with Crippen molar-refractivity contribution in [3.8, 4) is 0 Å². The Morgan fingerprint density at radius 2 is 2.22 bits per heavy atom. The molecule has 0 fully saturated rings. The zero-order valence-electron chi connectivity index (χ0n) is 5.30. The zero-order valence-corrected chi connectivity index (χ0v) is 6.12. The van der Waals surface area contributed by atoms with Crippen LogP contribution in [0.5, 0.6) is 0 Å². The van der Waals surface area contributed by atoms with E-state index in [4.69, 9.17) is 11.1 Å². The molecule has 0 aromatic rings. The second-order valence-electron chi connectivity index (χ2n) is 1.33. The molecule has 0 saturated heterocycles. The van der Waals surface area contributed by atoms with Crippen molar-refractivity contribution in [1.82, 2.24) is 0 Å². The number of rotatable bonds is 0. The summed E-state index contributed by atoms with van der Waals surface area (Å²) in [5.74, 6) is 0. The number of methoxy groups -OCH3 is 1. The highest BCUT2D eigenvalue weighted by atomic mass is 32.2. The molecule has 0 aliphatic carbocycles. The molecule has 1 atom stereocenters. The van der Waals surface area contributed by atoms with Crippen molar-refractivity contribution in [1.29, 1.82) is 5.41 Å². The average Bonchev–Trinajstić information content (AvgIpc) is 1.84. The highest BCUT2D eigenvalue weighted by molar-refractivity contribution is 8.22. The molecule has 0 amide bonds. The van der Waals surface area contributed by atoms with E-state index in [2.05, 4.69) is 4.74 Å². The summed E-state index contributed by atoms with van der Waals surface area (Å²) in [6.07, 6.45) is 1.55. The fraction of sp³-hybridized carbons (Fsp3) is 0.500. The van der Waals surface area contributed by atoms with Gasteiger partial charge in [-0.3, -0.25) is 0 Å². The van der Waals surface area contributed by atoms with Gasteiger partial charge in [0.1, 0.15) is 6.26 Å². The van der Waals surface area contributed by atoms with Crippen LogP contribution in [0.15, 0.2) is 0 Å². The molecule has 0 heterocycles. The van der Waals surface area contributed by atoms with Gasteiger partial charge in [0.2, 0.25) is 0 Å². The first-order valence-electron chi connectivity index (χ1n) is 2.17. The smallest absolute Gasteiger partial charge is 0.429 e. The molecule has 5 heteroatoms. The molecule has 0 aromatic carbocycles. The molecule has 0 aliphatic heterocycles. The van der Waals surface area contributed by atoms with Crippen LogP contribution in [0.25, 0.3) is 0 Å². The van der Waals surface area contributed by atoms with Gasteiger partial charge in [0, 0.05) is 0 Å². The van der Waals surface area contributed by atoms with Crippen LogP contribution in [0.2, 0.25) is 0 Å². The molecule has 0 rings (SSSR count). The quantitative estimate of drug-likeness (QED) is 0.218. The minimum Gasteiger partial charge on any atom is -0.429 e. The monoisotopic (exact) mass is 149 g/mol. The third-order valence-electron chi connectivity index (χ3n) is 0.747. The molecular formula is C4H9N2O2S+. The highest BCUT2D eigenvalue weighted by Crippen LogP contribution is 1.93. The minimum absolute atomic E-state index is 0.137. The van der Waals surface area contributed by atoms with Crippen molar-refractivity contribution in [3.05, 3.63) is 0 Å². The fourth-order valence-electron chi connectivity index (χ4n) is 0.215. The summed E-state index contributed by atoms with van der Waals surface area (Å²) in [7, 11) is 0.406. The molecule has 0 aromatic heterocycles. The van der Waals surface area contributed by atoms with Gasteiger partial charge in [-0.1, -0.05) is 0 Å². The van der Waals surface area contributed by atoms with Gasteiger partial charge >= 0.3 is 10.5 Å². The average molecular weight is 149 g/mol. The van der Waals surface area contributed by atoms with Crippen molar-refractivity contribution >= 4 is 21.4 Å². The van der Waals surface area contributed by atoms with Crippen molar-refractivity contribution < 1.29 is 9.53 Å². The Labute approximate surface area is 56.2 Å². The summed E-state index contributed by atoms with van der Waals surface area (Å²) in [5, 5.41) is 6.24. The molecular weight excluding hydrogens is 140 g/mol. The fourth-order valence-corrected chi connectivity index (χ4v) is 0.644. The van der Waals surface area contributed by atoms with E-state index in [9.17, 15) is 4.79 Å². The Kier molecular flexibility index (Phi) is 3.08. The van der Waals surface area contributed by atoms with E-state index in [0.717, 1.165) is 0 Å². The lowest BCUT2D eigenvalue weighted by Gasteiger charge is -1.92. The van der Waals surface area contributed by atoms with E-state index in [1.54, 1.807) is 6.26 Å². The van der Waals surface area contributed by atoms with Crippen LogP contribution in [0.4, 0.5) is 4.79 Å². The Morgan fingerprint density at radius 1 is 1.78 bits per heavy atom. The van der Waals surface area contributed by atoms with Gasteiger partial charge in [-0.15, -0.1) is 0 Å². The molecule has 0 bridgehead atoms. The van der Waals surface area contributed by atoms with E-state index in [-0.39, 0.29) is 5.17 Å². The normalized spacial score (nSPS) is 12.2. The molecule has 0 saturated carbocycles. The van der Waals surface area contributed by atoms with Gasteiger partial charge < -0.3 is 10.5 Å². The lowest BCUT2D eigenvalue weighted by atomic mass is 11.4. The molecule has 0 radical (unpaired) electrons. The summed E-state index contributed by atoms with van der Waals surface area (Å²) in [5.41, 5.74) is 5.01. The van der Waals surface area contributed by atoms with E-state index < -0.39 is 16.2 Å². The number of ether oxygens (including phenoxy) is 1. The SMILES string of the molecule is COC(=O)[S+](C)C(=N)N. The lowest BCUT2D eigenvalue weighted by Crippen LogP contribution is -2.28. The van der Waals surface area contributed by atoms with Gasteiger partial charge in [0.05, 0.1) is 7.11 Å². The molecule has 0 spiro atoms. The Balaban J connectivity index is 3.88. The van der Waals surface area contributed by atoms with Crippen LogP contribution < -0.4 is 5.73 Å². The van der Waals surface area contributed by atoms with Crippen LogP contribution in [0, 0.1) is 5.41 Å². The van der Waals surface area contributed by atoms with Crippen LogP contribution in [-0.2, 0) is 15.6 Å². The van der Waals surface area contributed by atoms with Crippen molar-refractivity contribution in [3.63, 3.8) is 0 Å². The molecule has 1 unspecified atom stereocenters. The number of hydrogen-bond donors (Lipinski definition) is 2. The van der Waals surface area contributed by atoms with E-state index in [1.807, 2.05) is 0 Å². The van der Waals surface area contributed by atoms with Crippen LogP contribution in [0.3, 0.4) is 0 Å². The summed E-state index contributed by atoms with van der Waals surface area (Å²) in [6, 6.07) is 0. The van der Waals surface area contributed by atoms with E-state index in [1.165, 1.54) is 7.11 Å². The zero-order chi connectivity index (χ0) is 7.44. The van der Waals surface area contributed by atoms with E-state index in [0.29, 0.717) is 0 Å². The minimum atomic E-state index is -0.867. The first kappa shape index (κ1) is 8.29. The van der Waals surface area contributed by atoms with Crippen LogP contribution in [0.1, 0.15) is 0 Å². The number of amidine groups is 1. The molecule has 0 aliphatic rings. The maximum Gasteiger partial charge on any atom is 0.533 e. The highest BCUT2D eigenvalue weighted by Gasteiger charge is 2.28. The third kappa shape index (κ3) is 2.36. The molecule has 52 valence electrons. The van der Waals surface area contributed by atoms with Gasteiger partial charge in [0.25, 0.3) is 0 Å². The summed E-state index contributed by atoms with van der Waals surface area (Å²) < 4.78 is 4.33.